The van der Waals surface area contributed by atoms with E-state index in [1.54, 1.807) is 0 Å². The van der Waals surface area contributed by atoms with Crippen LogP contribution in [0.2, 0.25) is 0 Å². The minimum absolute atomic E-state index is 0.219. The van der Waals surface area contributed by atoms with Crippen LogP contribution < -0.4 is 0 Å². The minimum atomic E-state index is -1.73. The SMILES string of the molecule is COC(=O)C(C)(O)CC(=O)SC(C)(C)C. The number of rotatable bonds is 3. The van der Waals surface area contributed by atoms with E-state index in [1.165, 1.54) is 14.0 Å². The molecule has 0 heterocycles. The van der Waals surface area contributed by atoms with Gasteiger partial charge in [-0.3, -0.25) is 4.79 Å². The van der Waals surface area contributed by atoms with Crippen molar-refractivity contribution in [1.29, 1.82) is 0 Å². The zero-order valence-electron chi connectivity index (χ0n) is 9.79. The van der Waals surface area contributed by atoms with Crippen LogP contribution in [0.3, 0.4) is 0 Å². The van der Waals surface area contributed by atoms with E-state index in [0.717, 1.165) is 11.8 Å². The van der Waals surface area contributed by atoms with Crippen LogP contribution in [0.15, 0.2) is 0 Å². The highest BCUT2D eigenvalue weighted by Crippen LogP contribution is 2.27. The van der Waals surface area contributed by atoms with E-state index < -0.39 is 11.6 Å². The molecule has 0 aliphatic carbocycles. The lowest BCUT2D eigenvalue weighted by molar-refractivity contribution is -0.162. The third-order valence-electron chi connectivity index (χ3n) is 1.53. The molecular weight excluding hydrogens is 216 g/mol. The molecule has 0 bridgehead atoms. The lowest BCUT2D eigenvalue weighted by Crippen LogP contribution is -2.38. The maximum absolute atomic E-state index is 11.5. The molecule has 0 spiro atoms. The first-order valence-electron chi connectivity index (χ1n) is 4.61. The highest BCUT2D eigenvalue weighted by Gasteiger charge is 2.35. The van der Waals surface area contributed by atoms with Crippen molar-refractivity contribution >= 4 is 22.8 Å². The molecule has 0 aromatic carbocycles. The maximum atomic E-state index is 11.5. The topological polar surface area (TPSA) is 63.6 Å². The lowest BCUT2D eigenvalue weighted by Gasteiger charge is -2.21. The smallest absolute Gasteiger partial charge is 0.338 e. The molecule has 0 radical (unpaired) electrons. The summed E-state index contributed by atoms with van der Waals surface area (Å²) in [6.07, 6.45) is -0.235. The first kappa shape index (κ1) is 14.5. The summed E-state index contributed by atoms with van der Waals surface area (Å²) in [6.45, 7) is 6.95. The number of thioether (sulfide) groups is 1. The van der Waals surface area contributed by atoms with Crippen LogP contribution in [-0.4, -0.2) is 33.6 Å². The van der Waals surface area contributed by atoms with Gasteiger partial charge >= 0.3 is 5.97 Å². The third-order valence-corrected chi connectivity index (χ3v) is 2.52. The molecule has 0 aliphatic rings. The molecule has 0 saturated carbocycles. The molecule has 0 saturated heterocycles. The van der Waals surface area contributed by atoms with Crippen molar-refractivity contribution in [3.63, 3.8) is 0 Å². The van der Waals surface area contributed by atoms with E-state index in [2.05, 4.69) is 4.74 Å². The Balaban J connectivity index is 4.35. The van der Waals surface area contributed by atoms with Crippen LogP contribution in [0.4, 0.5) is 0 Å². The first-order valence-corrected chi connectivity index (χ1v) is 5.43. The number of ether oxygens (including phenoxy) is 1. The molecule has 0 amide bonds. The molecule has 5 heteroatoms. The Morgan fingerprint density at radius 3 is 2.07 bits per heavy atom. The van der Waals surface area contributed by atoms with Gasteiger partial charge in [0.1, 0.15) is 0 Å². The number of hydrogen-bond donors (Lipinski definition) is 1. The molecule has 1 unspecified atom stereocenters. The summed E-state index contributed by atoms with van der Waals surface area (Å²) in [7, 11) is 1.18. The van der Waals surface area contributed by atoms with Crippen LogP contribution in [0.25, 0.3) is 0 Å². The van der Waals surface area contributed by atoms with Gasteiger partial charge in [-0.2, -0.15) is 0 Å². The van der Waals surface area contributed by atoms with Gasteiger partial charge in [-0.05, 0) is 6.92 Å². The Morgan fingerprint density at radius 1 is 1.27 bits per heavy atom. The molecule has 15 heavy (non-hydrogen) atoms. The summed E-state index contributed by atoms with van der Waals surface area (Å²) in [4.78, 5) is 22.6. The van der Waals surface area contributed by atoms with Gasteiger partial charge in [0, 0.05) is 4.75 Å². The second-order valence-corrected chi connectivity index (χ2v) is 6.41. The standard InChI is InChI=1S/C10H18O4S/c1-9(2,3)15-7(11)6-10(4,13)8(12)14-5/h13H,6H2,1-5H3. The van der Waals surface area contributed by atoms with Gasteiger partial charge in [0.2, 0.25) is 0 Å². The Hall–Kier alpha value is -0.550. The van der Waals surface area contributed by atoms with Crippen molar-refractivity contribution in [2.75, 3.05) is 7.11 Å². The summed E-state index contributed by atoms with van der Waals surface area (Å²) in [6, 6.07) is 0. The van der Waals surface area contributed by atoms with E-state index >= 15 is 0 Å². The number of hydrogen-bond acceptors (Lipinski definition) is 5. The average molecular weight is 234 g/mol. The van der Waals surface area contributed by atoms with Gasteiger partial charge in [0.15, 0.2) is 10.7 Å². The predicted molar refractivity (Wildman–Crippen MR) is 59.6 cm³/mol. The van der Waals surface area contributed by atoms with Crippen molar-refractivity contribution in [3.05, 3.63) is 0 Å². The lowest BCUT2D eigenvalue weighted by atomic mass is 10.0. The number of aliphatic hydroxyl groups is 1. The van der Waals surface area contributed by atoms with Crippen LogP contribution >= 0.6 is 11.8 Å². The number of methoxy groups -OCH3 is 1. The Labute approximate surface area is 94.4 Å². The molecule has 0 aromatic rings. The van der Waals surface area contributed by atoms with Gasteiger partial charge < -0.3 is 9.84 Å². The molecule has 88 valence electrons. The molecule has 4 nitrogen and oxygen atoms in total. The fourth-order valence-corrected chi connectivity index (χ4v) is 1.99. The fourth-order valence-electron chi connectivity index (χ4n) is 0.951. The van der Waals surface area contributed by atoms with Crippen molar-refractivity contribution in [1.82, 2.24) is 0 Å². The zero-order valence-corrected chi connectivity index (χ0v) is 10.6. The quantitative estimate of drug-likeness (QED) is 0.747. The van der Waals surface area contributed by atoms with Crippen molar-refractivity contribution < 1.29 is 19.4 Å². The van der Waals surface area contributed by atoms with E-state index in [0.29, 0.717) is 0 Å². The number of carbonyl (C=O) groups excluding carboxylic acids is 2. The van der Waals surface area contributed by atoms with Gasteiger partial charge in [-0.25, -0.2) is 4.79 Å². The van der Waals surface area contributed by atoms with E-state index in [9.17, 15) is 14.7 Å². The fraction of sp³-hybridized carbons (Fsp3) is 0.800. The molecule has 1 atom stereocenters. The summed E-state index contributed by atoms with van der Waals surface area (Å²) < 4.78 is 4.18. The summed E-state index contributed by atoms with van der Waals surface area (Å²) in [5.41, 5.74) is -1.73. The highest BCUT2D eigenvalue weighted by atomic mass is 32.2. The predicted octanol–water partition coefficient (Wildman–Crippen LogP) is 1.36. The average Bonchev–Trinajstić information content (AvgIpc) is 1.97. The van der Waals surface area contributed by atoms with Gasteiger partial charge in [-0.1, -0.05) is 32.5 Å². The number of esters is 1. The normalized spacial score (nSPS) is 15.6. The van der Waals surface area contributed by atoms with Crippen molar-refractivity contribution in [2.24, 2.45) is 0 Å². The van der Waals surface area contributed by atoms with Crippen LogP contribution in [0, 0.1) is 0 Å². The largest absolute Gasteiger partial charge is 0.467 e. The Morgan fingerprint density at radius 2 is 1.73 bits per heavy atom. The highest BCUT2D eigenvalue weighted by molar-refractivity contribution is 8.14. The van der Waals surface area contributed by atoms with Gasteiger partial charge in [0.05, 0.1) is 13.5 Å². The van der Waals surface area contributed by atoms with Crippen LogP contribution in [-0.2, 0) is 14.3 Å². The summed E-state index contributed by atoms with van der Waals surface area (Å²) in [5, 5.41) is 9.42. The molecule has 1 N–H and O–H groups in total. The van der Waals surface area contributed by atoms with Gasteiger partial charge in [0.25, 0.3) is 0 Å². The Bertz CT molecular complexity index is 253. The third kappa shape index (κ3) is 5.79. The van der Waals surface area contributed by atoms with Crippen LogP contribution in [0.5, 0.6) is 0 Å². The summed E-state index contributed by atoms with van der Waals surface area (Å²) >= 11 is 1.10. The first-order chi connectivity index (χ1) is 6.58. The van der Waals surface area contributed by atoms with Crippen LogP contribution in [0.1, 0.15) is 34.1 Å². The zero-order chi connectivity index (χ0) is 12.3. The van der Waals surface area contributed by atoms with E-state index in [4.69, 9.17) is 0 Å². The molecule has 0 rings (SSSR count). The second-order valence-electron chi connectivity index (χ2n) is 4.53. The Kier molecular flexibility index (Phi) is 4.80. The number of carbonyl (C=O) groups is 2. The van der Waals surface area contributed by atoms with Crippen molar-refractivity contribution in [3.8, 4) is 0 Å². The molecule has 0 aliphatic heterocycles. The summed E-state index contributed by atoms with van der Waals surface area (Å²) in [5.74, 6) is -0.787. The molecule has 0 aromatic heterocycles. The van der Waals surface area contributed by atoms with E-state index in [-0.39, 0.29) is 16.3 Å². The monoisotopic (exact) mass is 234 g/mol. The minimum Gasteiger partial charge on any atom is -0.467 e. The van der Waals surface area contributed by atoms with Gasteiger partial charge in [-0.15, -0.1) is 0 Å². The van der Waals surface area contributed by atoms with E-state index in [1.807, 2.05) is 20.8 Å². The second kappa shape index (κ2) is 4.99. The maximum Gasteiger partial charge on any atom is 0.338 e. The van der Waals surface area contributed by atoms with Crippen molar-refractivity contribution in [2.45, 2.75) is 44.5 Å². The molecular formula is C10H18O4S. The molecule has 0 fully saturated rings.